The van der Waals surface area contributed by atoms with E-state index in [9.17, 15) is 34.8 Å². The van der Waals surface area contributed by atoms with Gasteiger partial charge in [-0.2, -0.15) is 17.2 Å². The summed E-state index contributed by atoms with van der Waals surface area (Å²) in [6.45, 7) is 12.7. The summed E-state index contributed by atoms with van der Waals surface area (Å²) in [5, 5.41) is 56.6. The number of benzene rings is 1. The summed E-state index contributed by atoms with van der Waals surface area (Å²) in [4.78, 5) is 62.1. The summed E-state index contributed by atoms with van der Waals surface area (Å²) in [6.07, 6.45) is -11.2. The van der Waals surface area contributed by atoms with E-state index < -0.39 is 134 Å². The number of nitrogens with one attached hydrogen (secondary N) is 4. The Kier molecular flexibility index (Phi) is 26.0. The first-order valence-corrected chi connectivity index (χ1v) is 33.3. The van der Waals surface area contributed by atoms with Crippen LogP contribution in [0.3, 0.4) is 0 Å². The van der Waals surface area contributed by atoms with Crippen molar-refractivity contribution in [2.75, 3.05) is 65.7 Å². The number of hydrogen-bond donors (Lipinski definition) is 8. The molecule has 0 unspecified atom stereocenters. The van der Waals surface area contributed by atoms with E-state index in [-0.39, 0.29) is 88.3 Å². The molecule has 19 atom stereocenters. The molecule has 87 heavy (non-hydrogen) atoms. The van der Waals surface area contributed by atoms with Crippen LogP contribution in [0.1, 0.15) is 64.2 Å². The summed E-state index contributed by atoms with van der Waals surface area (Å²) in [5.41, 5.74) is -0.480. The van der Waals surface area contributed by atoms with Gasteiger partial charge in [0.15, 0.2) is 48.5 Å². The Hall–Kier alpha value is -4.18. The van der Waals surface area contributed by atoms with Crippen LogP contribution in [0.2, 0.25) is 0 Å². The Bertz CT molecular complexity index is 2740. The second kappa shape index (κ2) is 32.2. The zero-order chi connectivity index (χ0) is 63.4. The fourth-order valence-electron chi connectivity index (χ4n) is 10.8. The molecule has 0 spiro atoms. The molecule has 1 aromatic carbocycles. The molecule has 0 radical (unpaired) electrons. The number of rotatable bonds is 25. The number of hydrogen-bond acceptors (Lipinski definition) is 28. The molecule has 8 N–H and O–H groups in total. The Morgan fingerprint density at radius 2 is 1.59 bits per heavy atom. The lowest BCUT2D eigenvalue weighted by atomic mass is 9.72. The molecule has 0 saturated carbocycles. The SMILES string of the molecule is C=C(OC)C(=O)Nc1cc(OC)c(OC)cc1C(=O)O[C@H]1C[C@H](O[C@@H]2C(=O)C(NC(=O)OC)=C3/C(=C\CSSSC)[C@]2(O)/C=C\C#C[C@@H]3O[C@@H]2O[C@H](C)[C@@H](NO[C@H]3C[C@H](O)[C@H](SC)[C@@H](C)O3)[C@H](O)[C@H]2O[C@H]2C[C@H](OC)[C@@H](NC(C)C)CO2)O[C@@H](C)[C@@H]1O. The average molecular weight is 1300 g/mol. The van der Waals surface area contributed by atoms with Gasteiger partial charge in [-0.05, 0) is 60.8 Å². The number of amides is 2. The fourth-order valence-corrected chi connectivity index (χ4v) is 14.1. The van der Waals surface area contributed by atoms with Crippen LogP contribution < -0.4 is 30.9 Å². The number of carbonyl (C=O) groups excluding carboxylic acids is 4. The Labute approximate surface area is 521 Å². The van der Waals surface area contributed by atoms with Crippen molar-refractivity contribution in [3.05, 3.63) is 65.1 Å². The highest BCUT2D eigenvalue weighted by Crippen LogP contribution is 2.45. The average Bonchev–Trinajstić information content (AvgIpc) is 0.815. The molecule has 1 aromatic rings. The van der Waals surface area contributed by atoms with Gasteiger partial charge in [0.1, 0.15) is 36.1 Å². The number of methoxy groups -OCH3 is 5. The van der Waals surface area contributed by atoms with Gasteiger partial charge in [-0.1, -0.05) is 59.9 Å². The van der Waals surface area contributed by atoms with Gasteiger partial charge in [-0.3, -0.25) is 19.7 Å². The first kappa shape index (κ1) is 70.3. The molecule has 2 amide bonds. The number of ketones is 1. The monoisotopic (exact) mass is 1300 g/mol. The predicted octanol–water partition coefficient (Wildman–Crippen LogP) is 3.41. The van der Waals surface area contributed by atoms with Gasteiger partial charge in [0, 0.05) is 55.9 Å². The van der Waals surface area contributed by atoms with Crippen LogP contribution in [-0.2, 0) is 66.5 Å². The van der Waals surface area contributed by atoms with E-state index >= 15 is 4.79 Å². The third kappa shape index (κ3) is 16.9. The second-order valence-electron chi connectivity index (χ2n) is 21.2. The van der Waals surface area contributed by atoms with Crippen molar-refractivity contribution in [3.8, 4) is 23.3 Å². The summed E-state index contributed by atoms with van der Waals surface area (Å²) >= 11 is 1.48. The van der Waals surface area contributed by atoms with Crippen molar-refractivity contribution in [3.63, 3.8) is 0 Å². The van der Waals surface area contributed by atoms with Crippen molar-refractivity contribution >= 4 is 72.6 Å². The van der Waals surface area contributed by atoms with Crippen molar-refractivity contribution < 1.29 is 106 Å². The van der Waals surface area contributed by atoms with Gasteiger partial charge in [-0.15, -0.1) is 0 Å². The molecular weight excluding hydrogens is 1220 g/mol. The van der Waals surface area contributed by atoms with E-state index in [2.05, 4.69) is 39.9 Å². The highest BCUT2D eigenvalue weighted by Gasteiger charge is 2.56. The zero-order valence-electron chi connectivity index (χ0n) is 50.4. The standard InChI is InChI=1S/C57H80N4O22S4/c1-26(2)58-34-25-75-41(23-37(34)71-8)81-50-48(64)45(61-83-43-22-35(62)51(84-12)29(5)77-43)27(3)78-55(50)80-36-16-14-15-18-57(69)32(17-19-86-87-85-13)44(36)46(60-56(68)74-11)49(65)52(57)82-42-24-40(47(63)28(4)76-42)79-54(67)31-20-38(72-9)39(73-10)21-33(31)59-53(66)30(6)70-7/h15,17-18,20-21,26-29,34-37,40-43,45,47-48,50-52,55,58,61-64,69H,6,19,22-25H2,1-5,7-13H3,(H,59,66)(H,60,68)/b18-15-,32-17+/t27-,28+,29-,34+,35+,36+,37+,40+,41+,42+,43+,45-,47+,48+,50-,51-,52-,55+,57-/m1/s1. The number of aliphatic hydroxyl groups is 4. The molecule has 4 heterocycles. The number of allylic oxidation sites excluding steroid dienone is 1. The Morgan fingerprint density at radius 3 is 2.24 bits per heavy atom. The summed E-state index contributed by atoms with van der Waals surface area (Å²) in [7, 11) is 10.9. The summed E-state index contributed by atoms with van der Waals surface area (Å²) < 4.78 is 77.7. The third-order valence-electron chi connectivity index (χ3n) is 15.2. The van der Waals surface area contributed by atoms with Crippen LogP contribution in [0, 0.1) is 11.8 Å². The van der Waals surface area contributed by atoms with E-state index in [0.29, 0.717) is 0 Å². The van der Waals surface area contributed by atoms with Gasteiger partial charge < -0.3 is 92.6 Å². The Morgan fingerprint density at radius 1 is 0.874 bits per heavy atom. The zero-order valence-corrected chi connectivity index (χ0v) is 53.6. The van der Waals surface area contributed by atoms with E-state index in [0.717, 1.165) is 7.11 Å². The van der Waals surface area contributed by atoms with Gasteiger partial charge in [0.2, 0.25) is 5.78 Å². The maximum absolute atomic E-state index is 15.5. The molecule has 26 nitrogen and oxygen atoms in total. The lowest BCUT2D eigenvalue weighted by Gasteiger charge is -2.47. The van der Waals surface area contributed by atoms with Crippen molar-refractivity contribution in [1.82, 2.24) is 16.1 Å². The number of hydroxylamine groups is 1. The minimum absolute atomic E-state index is 0.0151. The van der Waals surface area contributed by atoms with Gasteiger partial charge in [0.25, 0.3) is 5.91 Å². The topological polar surface area (TPSA) is 327 Å². The van der Waals surface area contributed by atoms with Crippen LogP contribution in [-0.4, -0.2) is 226 Å². The maximum Gasteiger partial charge on any atom is 0.411 e. The minimum atomic E-state index is -2.45. The van der Waals surface area contributed by atoms with Gasteiger partial charge >= 0.3 is 12.1 Å². The van der Waals surface area contributed by atoms with Gasteiger partial charge in [0.05, 0.1) is 99.8 Å². The molecule has 4 aliphatic heterocycles. The smallest absolute Gasteiger partial charge is 0.411 e. The number of esters is 1. The lowest BCUT2D eigenvalue weighted by Crippen LogP contribution is -2.65. The number of alkyl carbamates (subject to hydrolysis) is 1. The summed E-state index contributed by atoms with van der Waals surface area (Å²) in [6, 6.07) is 1.45. The number of anilines is 1. The van der Waals surface area contributed by atoms with E-state index in [4.69, 9.17) is 66.4 Å². The predicted molar refractivity (Wildman–Crippen MR) is 322 cm³/mol. The summed E-state index contributed by atoms with van der Waals surface area (Å²) in [5.74, 6) is 3.18. The van der Waals surface area contributed by atoms with Crippen LogP contribution in [0.15, 0.2) is 59.5 Å². The molecule has 6 aliphatic rings. The number of Topliss-reactive ketones (excluding diaryl/α,β-unsaturated/α-hetero) is 1. The largest absolute Gasteiger partial charge is 0.493 e. The first-order valence-electron chi connectivity index (χ1n) is 27.9. The molecule has 484 valence electrons. The second-order valence-corrected chi connectivity index (χ2v) is 26.6. The van der Waals surface area contributed by atoms with Crippen molar-refractivity contribution in [2.24, 2.45) is 0 Å². The normalized spacial score (nSPS) is 35.0. The van der Waals surface area contributed by atoms with E-state index in [1.807, 2.05) is 33.3 Å². The molecule has 4 fully saturated rings. The molecule has 30 heteroatoms. The molecule has 0 aromatic heterocycles. The molecule has 2 aliphatic carbocycles. The van der Waals surface area contributed by atoms with Crippen LogP contribution in [0.4, 0.5) is 10.5 Å². The third-order valence-corrected chi connectivity index (χ3v) is 20.2. The van der Waals surface area contributed by atoms with Crippen LogP contribution in [0.5, 0.6) is 11.5 Å². The minimum Gasteiger partial charge on any atom is -0.493 e. The number of thioether (sulfide) groups is 1. The lowest BCUT2D eigenvalue weighted by molar-refractivity contribution is -0.336. The fraction of sp³-hybridized carbons (Fsp3) is 0.649. The highest BCUT2D eigenvalue weighted by molar-refractivity contribution is 9.09. The van der Waals surface area contributed by atoms with E-state index in [1.54, 1.807) is 20.1 Å². The van der Waals surface area contributed by atoms with Gasteiger partial charge in [-0.25, -0.2) is 9.59 Å². The van der Waals surface area contributed by atoms with E-state index in [1.165, 1.54) is 95.7 Å². The van der Waals surface area contributed by atoms with Crippen molar-refractivity contribution in [2.45, 2.75) is 175 Å². The Balaban J connectivity index is 1.24. The number of ether oxygens (including phenoxy) is 13. The first-order chi connectivity index (χ1) is 41.5. The maximum atomic E-state index is 15.5. The molecular formula is C57H80N4O22S4. The molecule has 2 bridgehead atoms. The van der Waals surface area contributed by atoms with Crippen LogP contribution >= 0.6 is 43.2 Å². The van der Waals surface area contributed by atoms with Crippen LogP contribution in [0.25, 0.3) is 0 Å². The quantitative estimate of drug-likeness (QED) is 0.0132. The van der Waals surface area contributed by atoms with Crippen molar-refractivity contribution in [1.29, 1.82) is 0 Å². The number of aliphatic hydroxyl groups excluding tert-OH is 3. The highest BCUT2D eigenvalue weighted by atomic mass is 33.5. The molecule has 7 rings (SSSR count). The molecule has 4 saturated heterocycles. The number of fused-ring (bicyclic) bond motifs is 2. The number of carbonyl (C=O) groups is 4.